The SMILES string of the molecule is CCCC(=O)OCCO.CCOCC. The van der Waals surface area contributed by atoms with E-state index in [1.165, 1.54) is 0 Å². The van der Waals surface area contributed by atoms with Gasteiger partial charge in [-0.1, -0.05) is 6.92 Å². The monoisotopic (exact) mass is 206 g/mol. The molecule has 0 bridgehead atoms. The minimum Gasteiger partial charge on any atom is -0.463 e. The lowest BCUT2D eigenvalue weighted by Crippen LogP contribution is -2.07. The van der Waals surface area contributed by atoms with E-state index < -0.39 is 0 Å². The van der Waals surface area contributed by atoms with E-state index in [4.69, 9.17) is 9.84 Å². The van der Waals surface area contributed by atoms with Gasteiger partial charge in [0.2, 0.25) is 0 Å². The molecule has 0 heterocycles. The Bertz CT molecular complexity index is 113. The number of carbonyl (C=O) groups is 1. The number of hydrogen-bond donors (Lipinski definition) is 1. The molecule has 0 aromatic heterocycles. The molecule has 0 aromatic carbocycles. The van der Waals surface area contributed by atoms with Crippen molar-refractivity contribution in [3.63, 3.8) is 0 Å². The van der Waals surface area contributed by atoms with Crippen LogP contribution in [0.2, 0.25) is 0 Å². The van der Waals surface area contributed by atoms with Crippen LogP contribution in [0.4, 0.5) is 0 Å². The van der Waals surface area contributed by atoms with Crippen LogP contribution in [0.15, 0.2) is 0 Å². The molecule has 0 rings (SSSR count). The van der Waals surface area contributed by atoms with E-state index in [0.29, 0.717) is 6.42 Å². The Labute approximate surface area is 86.2 Å². The van der Waals surface area contributed by atoms with Gasteiger partial charge in [0.15, 0.2) is 0 Å². The van der Waals surface area contributed by atoms with Crippen LogP contribution < -0.4 is 0 Å². The van der Waals surface area contributed by atoms with Crippen LogP contribution in [0.5, 0.6) is 0 Å². The van der Waals surface area contributed by atoms with Crippen LogP contribution in [-0.4, -0.2) is 37.5 Å². The van der Waals surface area contributed by atoms with Crippen molar-refractivity contribution in [3.8, 4) is 0 Å². The summed E-state index contributed by atoms with van der Waals surface area (Å²) in [6.45, 7) is 7.61. The third kappa shape index (κ3) is 17.5. The van der Waals surface area contributed by atoms with Crippen LogP contribution in [-0.2, 0) is 14.3 Å². The fourth-order valence-corrected chi connectivity index (χ4v) is 0.640. The fraction of sp³-hybridized carbons (Fsp3) is 0.900. The van der Waals surface area contributed by atoms with Crippen molar-refractivity contribution < 1.29 is 19.4 Å². The van der Waals surface area contributed by atoms with Gasteiger partial charge in [-0.15, -0.1) is 0 Å². The van der Waals surface area contributed by atoms with Gasteiger partial charge in [-0.05, 0) is 20.3 Å². The molecule has 0 aromatic rings. The third-order valence-corrected chi connectivity index (χ3v) is 1.22. The van der Waals surface area contributed by atoms with Gasteiger partial charge >= 0.3 is 5.97 Å². The summed E-state index contributed by atoms with van der Waals surface area (Å²) in [5.74, 6) is -0.230. The number of rotatable bonds is 6. The Balaban J connectivity index is 0. The number of aliphatic hydroxyl groups excluding tert-OH is 1. The van der Waals surface area contributed by atoms with Crippen molar-refractivity contribution >= 4 is 5.97 Å². The van der Waals surface area contributed by atoms with E-state index in [0.717, 1.165) is 19.6 Å². The van der Waals surface area contributed by atoms with Gasteiger partial charge in [-0.3, -0.25) is 4.79 Å². The first kappa shape index (κ1) is 15.8. The van der Waals surface area contributed by atoms with E-state index >= 15 is 0 Å². The van der Waals surface area contributed by atoms with E-state index in [2.05, 4.69) is 4.74 Å². The number of carbonyl (C=O) groups excluding carboxylic acids is 1. The topological polar surface area (TPSA) is 55.8 Å². The molecular weight excluding hydrogens is 184 g/mol. The van der Waals surface area contributed by atoms with Gasteiger partial charge in [0.25, 0.3) is 0 Å². The van der Waals surface area contributed by atoms with Crippen LogP contribution in [0.25, 0.3) is 0 Å². The van der Waals surface area contributed by atoms with Crippen molar-refractivity contribution in [1.29, 1.82) is 0 Å². The zero-order valence-electron chi connectivity index (χ0n) is 9.41. The van der Waals surface area contributed by atoms with Crippen molar-refractivity contribution in [2.24, 2.45) is 0 Å². The van der Waals surface area contributed by atoms with E-state index in [1.54, 1.807) is 0 Å². The highest BCUT2D eigenvalue weighted by molar-refractivity contribution is 5.69. The molecule has 0 aliphatic heterocycles. The second-order valence-corrected chi connectivity index (χ2v) is 2.48. The molecule has 86 valence electrons. The fourth-order valence-electron chi connectivity index (χ4n) is 0.640. The largest absolute Gasteiger partial charge is 0.463 e. The zero-order valence-corrected chi connectivity index (χ0v) is 9.41. The molecule has 0 fully saturated rings. The highest BCUT2D eigenvalue weighted by atomic mass is 16.5. The molecular formula is C10H22O4. The second kappa shape index (κ2) is 14.9. The van der Waals surface area contributed by atoms with Gasteiger partial charge in [-0.25, -0.2) is 0 Å². The average molecular weight is 206 g/mol. The molecule has 0 saturated carbocycles. The Hall–Kier alpha value is -0.610. The molecule has 4 nitrogen and oxygen atoms in total. The minimum atomic E-state index is -0.230. The van der Waals surface area contributed by atoms with E-state index in [-0.39, 0.29) is 19.2 Å². The van der Waals surface area contributed by atoms with Crippen molar-refractivity contribution in [3.05, 3.63) is 0 Å². The van der Waals surface area contributed by atoms with Crippen LogP contribution in [0.1, 0.15) is 33.6 Å². The summed E-state index contributed by atoms with van der Waals surface area (Å²) in [7, 11) is 0. The summed E-state index contributed by atoms with van der Waals surface area (Å²) in [6, 6.07) is 0. The summed E-state index contributed by atoms with van der Waals surface area (Å²) in [5, 5.41) is 8.21. The maximum Gasteiger partial charge on any atom is 0.305 e. The van der Waals surface area contributed by atoms with Gasteiger partial charge in [0.1, 0.15) is 6.61 Å². The summed E-state index contributed by atoms with van der Waals surface area (Å²) in [4.78, 5) is 10.5. The average Bonchev–Trinajstić information content (AvgIpc) is 2.17. The highest BCUT2D eigenvalue weighted by Gasteiger charge is 1.97. The van der Waals surface area contributed by atoms with Gasteiger partial charge in [0.05, 0.1) is 6.61 Å². The Morgan fingerprint density at radius 3 is 2.07 bits per heavy atom. The third-order valence-electron chi connectivity index (χ3n) is 1.22. The number of ether oxygens (including phenoxy) is 2. The lowest BCUT2D eigenvalue weighted by atomic mass is 10.3. The molecule has 0 unspecified atom stereocenters. The predicted molar refractivity (Wildman–Crippen MR) is 55.1 cm³/mol. The standard InChI is InChI=1S/C6H12O3.C4H10O/c1-2-3-6(8)9-5-4-7;1-3-5-4-2/h7H,2-5H2,1H3;3-4H2,1-2H3. The molecule has 0 amide bonds. The first-order valence-electron chi connectivity index (χ1n) is 5.07. The van der Waals surface area contributed by atoms with Gasteiger partial charge in [0, 0.05) is 19.6 Å². The Morgan fingerprint density at radius 1 is 1.21 bits per heavy atom. The molecule has 0 radical (unpaired) electrons. The zero-order chi connectivity index (χ0) is 11.2. The first-order valence-corrected chi connectivity index (χ1v) is 5.07. The molecule has 0 aliphatic rings. The Morgan fingerprint density at radius 2 is 1.79 bits per heavy atom. The minimum absolute atomic E-state index is 0.0878. The number of hydrogen-bond acceptors (Lipinski definition) is 4. The number of aliphatic hydroxyl groups is 1. The first-order chi connectivity index (χ1) is 6.72. The maximum atomic E-state index is 10.5. The van der Waals surface area contributed by atoms with Crippen molar-refractivity contribution in [2.45, 2.75) is 33.6 Å². The number of esters is 1. The smallest absolute Gasteiger partial charge is 0.305 e. The Kier molecular flexibility index (Phi) is 16.9. The summed E-state index contributed by atoms with van der Waals surface area (Å²) < 4.78 is 9.38. The highest BCUT2D eigenvalue weighted by Crippen LogP contribution is 1.89. The van der Waals surface area contributed by atoms with Crippen molar-refractivity contribution in [1.82, 2.24) is 0 Å². The molecule has 0 spiro atoms. The van der Waals surface area contributed by atoms with Crippen LogP contribution >= 0.6 is 0 Å². The molecule has 0 atom stereocenters. The quantitative estimate of drug-likeness (QED) is 0.667. The summed E-state index contributed by atoms with van der Waals surface area (Å²) in [6.07, 6.45) is 1.24. The normalized spacial score (nSPS) is 8.86. The van der Waals surface area contributed by atoms with Crippen LogP contribution in [0, 0.1) is 0 Å². The predicted octanol–water partition coefficient (Wildman–Crippen LogP) is 1.36. The molecule has 1 N–H and O–H groups in total. The van der Waals surface area contributed by atoms with Gasteiger partial charge in [-0.2, -0.15) is 0 Å². The van der Waals surface area contributed by atoms with Crippen molar-refractivity contribution in [2.75, 3.05) is 26.4 Å². The summed E-state index contributed by atoms with van der Waals surface area (Å²) >= 11 is 0. The molecule has 14 heavy (non-hydrogen) atoms. The molecule has 0 saturated heterocycles. The lowest BCUT2D eigenvalue weighted by molar-refractivity contribution is -0.144. The lowest BCUT2D eigenvalue weighted by Gasteiger charge is -1.98. The maximum absolute atomic E-state index is 10.5. The summed E-state index contributed by atoms with van der Waals surface area (Å²) in [5.41, 5.74) is 0. The van der Waals surface area contributed by atoms with Crippen LogP contribution in [0.3, 0.4) is 0 Å². The molecule has 4 heteroatoms. The second-order valence-electron chi connectivity index (χ2n) is 2.48. The van der Waals surface area contributed by atoms with E-state index in [9.17, 15) is 4.79 Å². The van der Waals surface area contributed by atoms with Gasteiger partial charge < -0.3 is 14.6 Å². The molecule has 0 aliphatic carbocycles. The van der Waals surface area contributed by atoms with E-state index in [1.807, 2.05) is 20.8 Å².